The summed E-state index contributed by atoms with van der Waals surface area (Å²) in [6, 6.07) is 8.35. The summed E-state index contributed by atoms with van der Waals surface area (Å²) in [5.74, 6) is -0.0845. The lowest BCUT2D eigenvalue weighted by atomic mass is 10.0. The highest BCUT2D eigenvalue weighted by atomic mass is 16.1. The Kier molecular flexibility index (Phi) is 4.18. The number of benzene rings is 1. The zero-order valence-electron chi connectivity index (χ0n) is 12.4. The highest BCUT2D eigenvalue weighted by Gasteiger charge is 2.09. The molecule has 0 saturated carbocycles. The van der Waals surface area contributed by atoms with Gasteiger partial charge in [0.2, 0.25) is 0 Å². The molecule has 0 aliphatic heterocycles. The molecule has 1 heterocycles. The molecule has 104 valence electrons. The van der Waals surface area contributed by atoms with Gasteiger partial charge in [0.15, 0.2) is 0 Å². The molecule has 0 atom stereocenters. The number of aryl methyl sites for hydroxylation is 2. The molecule has 20 heavy (non-hydrogen) atoms. The summed E-state index contributed by atoms with van der Waals surface area (Å²) in [5.41, 5.74) is 5.06. The number of hydrogen-bond acceptors (Lipinski definition) is 2. The highest BCUT2D eigenvalue weighted by Crippen LogP contribution is 2.22. The molecule has 1 aromatic carbocycles. The van der Waals surface area contributed by atoms with Gasteiger partial charge in [0.1, 0.15) is 0 Å². The molecule has 1 aromatic heterocycles. The van der Waals surface area contributed by atoms with Crippen LogP contribution >= 0.6 is 0 Å². The Morgan fingerprint density at radius 3 is 2.25 bits per heavy atom. The summed E-state index contributed by atoms with van der Waals surface area (Å²) in [4.78, 5) is 16.2. The molecule has 0 aliphatic rings. The van der Waals surface area contributed by atoms with Gasteiger partial charge in [0.25, 0.3) is 5.91 Å². The van der Waals surface area contributed by atoms with Crippen LogP contribution in [0.1, 0.15) is 35.3 Å². The van der Waals surface area contributed by atoms with Crippen LogP contribution in [0.25, 0.3) is 11.1 Å². The van der Waals surface area contributed by atoms with Gasteiger partial charge in [-0.15, -0.1) is 0 Å². The van der Waals surface area contributed by atoms with Crippen molar-refractivity contribution < 1.29 is 4.79 Å². The fourth-order valence-corrected chi connectivity index (χ4v) is 2.21. The first-order chi connectivity index (χ1) is 9.45. The average molecular weight is 268 g/mol. The minimum atomic E-state index is -0.0845. The number of amides is 1. The summed E-state index contributed by atoms with van der Waals surface area (Å²) in [7, 11) is 0. The Morgan fingerprint density at radius 2 is 1.65 bits per heavy atom. The van der Waals surface area contributed by atoms with Crippen LogP contribution in [0.3, 0.4) is 0 Å². The molecular weight excluding hydrogens is 248 g/mol. The molecule has 1 amide bonds. The van der Waals surface area contributed by atoms with Crippen LogP contribution in [0, 0.1) is 13.8 Å². The van der Waals surface area contributed by atoms with Crippen LogP contribution in [-0.2, 0) is 0 Å². The SMILES string of the molecule is Cc1cc(C)cc(-c2cncc(C(=O)NC(C)C)c2)c1. The van der Waals surface area contributed by atoms with Crippen LogP contribution < -0.4 is 5.32 Å². The Hall–Kier alpha value is -2.16. The first-order valence-electron chi connectivity index (χ1n) is 6.80. The summed E-state index contributed by atoms with van der Waals surface area (Å²) >= 11 is 0. The number of carbonyl (C=O) groups excluding carboxylic acids is 1. The van der Waals surface area contributed by atoms with Crippen molar-refractivity contribution in [3.8, 4) is 11.1 Å². The lowest BCUT2D eigenvalue weighted by Gasteiger charge is -2.10. The molecule has 0 bridgehead atoms. The largest absolute Gasteiger partial charge is 0.350 e. The van der Waals surface area contributed by atoms with E-state index in [0.717, 1.165) is 11.1 Å². The molecule has 0 unspecified atom stereocenters. The minimum absolute atomic E-state index is 0.0845. The van der Waals surface area contributed by atoms with Crippen LogP contribution in [-0.4, -0.2) is 16.9 Å². The third-order valence-electron chi connectivity index (χ3n) is 2.98. The predicted molar refractivity (Wildman–Crippen MR) is 81.7 cm³/mol. The molecule has 0 fully saturated rings. The second kappa shape index (κ2) is 5.87. The third kappa shape index (κ3) is 3.44. The van der Waals surface area contributed by atoms with E-state index in [-0.39, 0.29) is 11.9 Å². The van der Waals surface area contributed by atoms with Crippen molar-refractivity contribution in [3.05, 3.63) is 53.3 Å². The fourth-order valence-electron chi connectivity index (χ4n) is 2.21. The lowest BCUT2D eigenvalue weighted by Crippen LogP contribution is -2.30. The maximum absolute atomic E-state index is 12.0. The maximum atomic E-state index is 12.0. The number of hydrogen-bond donors (Lipinski definition) is 1. The number of nitrogens with zero attached hydrogens (tertiary/aromatic N) is 1. The summed E-state index contributed by atoms with van der Waals surface area (Å²) in [6.45, 7) is 8.02. The standard InChI is InChI=1S/C17H20N2O/c1-11(2)19-17(20)16-8-15(9-18-10-16)14-6-12(3)5-13(4)7-14/h5-11H,1-4H3,(H,19,20). The van der Waals surface area contributed by atoms with E-state index in [4.69, 9.17) is 0 Å². The molecule has 0 aliphatic carbocycles. The van der Waals surface area contributed by atoms with Gasteiger partial charge in [-0.2, -0.15) is 0 Å². The van der Waals surface area contributed by atoms with E-state index in [2.05, 4.69) is 42.3 Å². The predicted octanol–water partition coefficient (Wildman–Crippen LogP) is 3.50. The van der Waals surface area contributed by atoms with Crippen LogP contribution in [0.4, 0.5) is 0 Å². The first-order valence-corrected chi connectivity index (χ1v) is 6.80. The van der Waals surface area contributed by atoms with E-state index >= 15 is 0 Å². The minimum Gasteiger partial charge on any atom is -0.350 e. The van der Waals surface area contributed by atoms with E-state index in [0.29, 0.717) is 5.56 Å². The molecule has 2 rings (SSSR count). The fraction of sp³-hybridized carbons (Fsp3) is 0.294. The molecule has 0 spiro atoms. The van der Waals surface area contributed by atoms with Crippen molar-refractivity contribution in [1.29, 1.82) is 0 Å². The van der Waals surface area contributed by atoms with Gasteiger partial charge in [-0.05, 0) is 39.3 Å². The van der Waals surface area contributed by atoms with Crippen molar-refractivity contribution in [2.24, 2.45) is 0 Å². The third-order valence-corrected chi connectivity index (χ3v) is 2.98. The maximum Gasteiger partial charge on any atom is 0.253 e. The van der Waals surface area contributed by atoms with E-state index in [1.54, 1.807) is 12.4 Å². The second-order valence-electron chi connectivity index (χ2n) is 5.47. The van der Waals surface area contributed by atoms with Crippen molar-refractivity contribution in [2.45, 2.75) is 33.7 Å². The van der Waals surface area contributed by atoms with Gasteiger partial charge in [-0.25, -0.2) is 0 Å². The Bertz CT molecular complexity index is 612. The van der Waals surface area contributed by atoms with E-state index in [9.17, 15) is 4.79 Å². The van der Waals surface area contributed by atoms with Crippen LogP contribution in [0.2, 0.25) is 0 Å². The highest BCUT2D eigenvalue weighted by molar-refractivity contribution is 5.95. The number of nitrogens with one attached hydrogen (secondary N) is 1. The average Bonchev–Trinajstić information content (AvgIpc) is 2.37. The molecule has 0 saturated heterocycles. The monoisotopic (exact) mass is 268 g/mol. The van der Waals surface area contributed by atoms with Crippen LogP contribution in [0.15, 0.2) is 36.7 Å². The normalized spacial score (nSPS) is 10.7. The van der Waals surface area contributed by atoms with Gasteiger partial charge < -0.3 is 5.32 Å². The number of pyridine rings is 1. The summed E-state index contributed by atoms with van der Waals surface area (Å²) in [5, 5.41) is 2.88. The van der Waals surface area contributed by atoms with Crippen molar-refractivity contribution in [1.82, 2.24) is 10.3 Å². The van der Waals surface area contributed by atoms with Gasteiger partial charge in [0, 0.05) is 24.0 Å². The number of aromatic nitrogens is 1. The molecule has 2 aromatic rings. The smallest absolute Gasteiger partial charge is 0.253 e. The Labute approximate surface area is 120 Å². The van der Waals surface area contributed by atoms with Gasteiger partial charge in [-0.3, -0.25) is 9.78 Å². The first kappa shape index (κ1) is 14.3. The Balaban J connectivity index is 2.36. The van der Waals surface area contributed by atoms with Gasteiger partial charge in [0.05, 0.1) is 5.56 Å². The quantitative estimate of drug-likeness (QED) is 0.925. The van der Waals surface area contributed by atoms with Crippen molar-refractivity contribution in [2.75, 3.05) is 0 Å². The zero-order chi connectivity index (χ0) is 14.7. The number of carbonyl (C=O) groups is 1. The van der Waals surface area contributed by atoms with E-state index in [1.807, 2.05) is 19.9 Å². The van der Waals surface area contributed by atoms with Crippen molar-refractivity contribution in [3.63, 3.8) is 0 Å². The molecule has 1 N–H and O–H groups in total. The van der Waals surface area contributed by atoms with E-state index in [1.165, 1.54) is 11.1 Å². The summed E-state index contributed by atoms with van der Waals surface area (Å²) < 4.78 is 0. The topological polar surface area (TPSA) is 42.0 Å². The molecule has 0 radical (unpaired) electrons. The van der Waals surface area contributed by atoms with Gasteiger partial charge >= 0.3 is 0 Å². The van der Waals surface area contributed by atoms with Crippen LogP contribution in [0.5, 0.6) is 0 Å². The molecular formula is C17H20N2O. The second-order valence-corrected chi connectivity index (χ2v) is 5.47. The summed E-state index contributed by atoms with van der Waals surface area (Å²) in [6.07, 6.45) is 3.39. The van der Waals surface area contributed by atoms with Crippen molar-refractivity contribution >= 4 is 5.91 Å². The van der Waals surface area contributed by atoms with Gasteiger partial charge in [-0.1, -0.05) is 29.3 Å². The lowest BCUT2D eigenvalue weighted by molar-refractivity contribution is 0.0943. The Morgan fingerprint density at radius 1 is 1.00 bits per heavy atom. The number of rotatable bonds is 3. The molecule has 3 nitrogen and oxygen atoms in total. The molecule has 3 heteroatoms. The van der Waals surface area contributed by atoms with E-state index < -0.39 is 0 Å². The zero-order valence-corrected chi connectivity index (χ0v) is 12.4.